The largest absolute Gasteiger partial charge is 0.457 e. The summed E-state index contributed by atoms with van der Waals surface area (Å²) in [7, 11) is 0. The molecule has 0 aliphatic rings. The van der Waals surface area contributed by atoms with Gasteiger partial charge in [0.2, 0.25) is 0 Å². The molecule has 0 amide bonds. The Morgan fingerprint density at radius 1 is 0.365 bits per heavy atom. The molecule has 1 unspecified atom stereocenters. The van der Waals surface area contributed by atoms with Gasteiger partial charge in [0.1, 0.15) is 6.10 Å². The van der Waals surface area contributed by atoms with Crippen LogP contribution in [-0.4, -0.2) is 37.0 Å². The molecule has 0 heterocycles. The lowest BCUT2D eigenvalue weighted by Gasteiger charge is -2.16. The first-order valence-electron chi connectivity index (χ1n) is 29.3. The van der Waals surface area contributed by atoms with Crippen LogP contribution in [0.5, 0.6) is 0 Å². The summed E-state index contributed by atoms with van der Waals surface area (Å²) in [5.74, 6) is -0.190. The van der Waals surface area contributed by atoms with Crippen molar-refractivity contribution in [2.24, 2.45) is 0 Å². The molecule has 0 aliphatic heterocycles. The summed E-state index contributed by atoms with van der Waals surface area (Å²) in [4.78, 5) is 12.3. The van der Waals surface area contributed by atoms with Gasteiger partial charge in [-0.3, -0.25) is 4.79 Å². The quantitative estimate of drug-likeness (QED) is 0.0376. The number of carbonyl (C=O) groups is 1. The molecule has 0 saturated carbocycles. The highest BCUT2D eigenvalue weighted by molar-refractivity contribution is 5.69. The number of ether oxygens (including phenoxy) is 2. The highest BCUT2D eigenvalue weighted by Crippen LogP contribution is 2.18. The van der Waals surface area contributed by atoms with Crippen molar-refractivity contribution in [1.29, 1.82) is 0 Å². The van der Waals surface area contributed by atoms with Crippen molar-refractivity contribution in [2.75, 3.05) is 19.8 Å². The van der Waals surface area contributed by atoms with Gasteiger partial charge in [0.05, 0.1) is 13.2 Å². The monoisotopic (exact) mass is 889 g/mol. The Balaban J connectivity index is 3.32. The number of hydrogen-bond donors (Lipinski definition) is 1. The lowest BCUT2D eigenvalue weighted by molar-refractivity contribution is -0.154. The van der Waals surface area contributed by atoms with Gasteiger partial charge in [0.15, 0.2) is 0 Å². The first-order chi connectivity index (χ1) is 31.2. The number of aliphatic hydroxyl groups is 1. The molecule has 63 heavy (non-hydrogen) atoms. The summed E-state index contributed by atoms with van der Waals surface area (Å²) in [5.41, 5.74) is 0. The Kier molecular flexibility index (Phi) is 56.5. The highest BCUT2D eigenvalue weighted by atomic mass is 16.6. The van der Waals surface area contributed by atoms with Crippen molar-refractivity contribution in [2.45, 2.75) is 341 Å². The number of rotatable bonds is 56. The summed E-state index contributed by atoms with van der Waals surface area (Å²) in [6.45, 7) is 5.42. The maximum Gasteiger partial charge on any atom is 0.306 e. The Labute approximate surface area is 396 Å². The van der Waals surface area contributed by atoms with Gasteiger partial charge in [-0.15, -0.1) is 0 Å². The summed E-state index contributed by atoms with van der Waals surface area (Å²) in [6, 6.07) is 0. The van der Waals surface area contributed by atoms with E-state index in [4.69, 9.17) is 9.47 Å². The summed E-state index contributed by atoms with van der Waals surface area (Å²) in [6.07, 6.45) is 72.0. The highest BCUT2D eigenvalue weighted by Gasteiger charge is 2.13. The lowest BCUT2D eigenvalue weighted by Crippen LogP contribution is -2.27. The van der Waals surface area contributed by atoms with E-state index in [1.807, 2.05) is 0 Å². The van der Waals surface area contributed by atoms with Crippen LogP contribution in [0.25, 0.3) is 0 Å². The number of carbonyl (C=O) groups excluding carboxylic acids is 1. The van der Waals surface area contributed by atoms with Gasteiger partial charge in [0.25, 0.3) is 0 Å². The SMILES string of the molecule is CCCCCCCCCC/C=C\CCCCCCCCCCCCCCCCOCC(CO)OC(=O)CCCCCCCCCCCCCCCCCCCCCCCCCCC. The third-order valence-corrected chi connectivity index (χ3v) is 13.6. The third-order valence-electron chi connectivity index (χ3n) is 13.6. The normalized spacial score (nSPS) is 12.2. The van der Waals surface area contributed by atoms with Gasteiger partial charge in [-0.1, -0.05) is 302 Å². The number of aliphatic hydroxyl groups excluding tert-OH is 1. The predicted molar refractivity (Wildman–Crippen MR) is 279 cm³/mol. The fourth-order valence-electron chi connectivity index (χ4n) is 9.21. The van der Waals surface area contributed by atoms with E-state index in [0.717, 1.165) is 19.3 Å². The fourth-order valence-corrected chi connectivity index (χ4v) is 9.21. The average molecular weight is 890 g/mol. The predicted octanol–water partition coefficient (Wildman–Crippen LogP) is 20.0. The molecular formula is C59H116O4. The van der Waals surface area contributed by atoms with Crippen molar-refractivity contribution in [3.8, 4) is 0 Å². The van der Waals surface area contributed by atoms with E-state index < -0.39 is 6.10 Å². The molecule has 0 spiro atoms. The zero-order valence-electron chi connectivity index (χ0n) is 43.4. The van der Waals surface area contributed by atoms with E-state index in [9.17, 15) is 9.90 Å². The molecule has 376 valence electrons. The topological polar surface area (TPSA) is 55.8 Å². The molecule has 0 fully saturated rings. The third kappa shape index (κ3) is 55.4. The standard InChI is InChI=1S/C59H116O4/c1-3-5-7-9-11-13-15-17-19-21-23-25-27-29-31-33-35-37-39-41-43-45-47-49-51-53-55-62-57-58(56-60)63-59(61)54-52-50-48-46-44-42-40-38-36-34-32-30-28-26-24-22-20-18-16-14-12-10-8-6-4-2/h21,23,58,60H,3-20,22,24-57H2,1-2H3/b23-21-. The number of esters is 1. The maximum atomic E-state index is 12.3. The summed E-state index contributed by atoms with van der Waals surface area (Å²) < 4.78 is 11.3. The van der Waals surface area contributed by atoms with Crippen molar-refractivity contribution in [3.05, 3.63) is 12.2 Å². The van der Waals surface area contributed by atoms with E-state index in [2.05, 4.69) is 26.0 Å². The maximum absolute atomic E-state index is 12.3. The molecule has 4 heteroatoms. The van der Waals surface area contributed by atoms with Crippen LogP contribution < -0.4 is 0 Å². The van der Waals surface area contributed by atoms with Crippen LogP contribution in [0.4, 0.5) is 0 Å². The molecule has 0 bridgehead atoms. The van der Waals surface area contributed by atoms with E-state index in [-0.39, 0.29) is 12.6 Å². The summed E-state index contributed by atoms with van der Waals surface area (Å²) >= 11 is 0. The van der Waals surface area contributed by atoms with Crippen LogP contribution in [0.1, 0.15) is 335 Å². The first kappa shape index (κ1) is 62.1. The lowest BCUT2D eigenvalue weighted by atomic mass is 10.0. The molecule has 0 radical (unpaired) electrons. The summed E-state index contributed by atoms with van der Waals surface area (Å²) in [5, 5.41) is 9.68. The molecule has 0 saturated heterocycles. The Morgan fingerprint density at radius 3 is 0.905 bits per heavy atom. The van der Waals surface area contributed by atoms with E-state index in [0.29, 0.717) is 19.6 Å². The fraction of sp³-hybridized carbons (Fsp3) is 0.949. The van der Waals surface area contributed by atoms with Crippen LogP contribution in [0.2, 0.25) is 0 Å². The zero-order chi connectivity index (χ0) is 45.5. The van der Waals surface area contributed by atoms with Crippen LogP contribution in [-0.2, 0) is 14.3 Å². The Hall–Kier alpha value is -0.870. The van der Waals surface area contributed by atoms with Gasteiger partial charge in [-0.05, 0) is 38.5 Å². The minimum Gasteiger partial charge on any atom is -0.457 e. The second-order valence-electron chi connectivity index (χ2n) is 20.1. The smallest absolute Gasteiger partial charge is 0.306 e. The molecule has 1 N–H and O–H groups in total. The van der Waals surface area contributed by atoms with Gasteiger partial charge in [0, 0.05) is 13.0 Å². The molecule has 0 aromatic carbocycles. The molecule has 4 nitrogen and oxygen atoms in total. The van der Waals surface area contributed by atoms with Crippen molar-refractivity contribution in [1.82, 2.24) is 0 Å². The first-order valence-corrected chi connectivity index (χ1v) is 29.3. The minimum absolute atomic E-state index is 0.164. The van der Waals surface area contributed by atoms with E-state index >= 15 is 0 Å². The molecule has 0 aliphatic carbocycles. The molecule has 0 rings (SSSR count). The molecular weight excluding hydrogens is 773 g/mol. The van der Waals surface area contributed by atoms with E-state index in [1.54, 1.807) is 0 Å². The zero-order valence-corrected chi connectivity index (χ0v) is 43.4. The number of hydrogen-bond acceptors (Lipinski definition) is 4. The van der Waals surface area contributed by atoms with E-state index in [1.165, 1.54) is 295 Å². The Morgan fingerprint density at radius 2 is 0.619 bits per heavy atom. The molecule has 0 aromatic heterocycles. The number of unbranched alkanes of at least 4 members (excludes halogenated alkanes) is 46. The van der Waals surface area contributed by atoms with Crippen LogP contribution in [0.15, 0.2) is 12.2 Å². The van der Waals surface area contributed by atoms with Gasteiger partial charge < -0.3 is 14.6 Å². The van der Waals surface area contributed by atoms with Gasteiger partial charge in [-0.25, -0.2) is 0 Å². The van der Waals surface area contributed by atoms with Crippen molar-refractivity contribution < 1.29 is 19.4 Å². The van der Waals surface area contributed by atoms with Gasteiger partial charge in [-0.2, -0.15) is 0 Å². The molecule has 0 aromatic rings. The van der Waals surface area contributed by atoms with Crippen LogP contribution in [0.3, 0.4) is 0 Å². The Bertz CT molecular complexity index is 856. The van der Waals surface area contributed by atoms with Gasteiger partial charge >= 0.3 is 5.97 Å². The molecule has 1 atom stereocenters. The van der Waals surface area contributed by atoms with Crippen molar-refractivity contribution >= 4 is 5.97 Å². The second kappa shape index (κ2) is 57.3. The minimum atomic E-state index is -0.529. The van der Waals surface area contributed by atoms with Crippen molar-refractivity contribution in [3.63, 3.8) is 0 Å². The average Bonchev–Trinajstić information content (AvgIpc) is 3.29. The van der Waals surface area contributed by atoms with Crippen LogP contribution >= 0.6 is 0 Å². The van der Waals surface area contributed by atoms with Crippen LogP contribution in [0, 0.1) is 0 Å². The second-order valence-corrected chi connectivity index (χ2v) is 20.1. The number of allylic oxidation sites excluding steroid dienone is 2.